The summed E-state index contributed by atoms with van der Waals surface area (Å²) in [7, 11) is 0. The number of urea groups is 1. The van der Waals surface area contributed by atoms with Gasteiger partial charge in [-0.3, -0.25) is 4.98 Å². The van der Waals surface area contributed by atoms with Crippen LogP contribution in [-0.2, 0) is 6.54 Å². The molecule has 0 bridgehead atoms. The average Bonchev–Trinajstić information content (AvgIpc) is 2.95. The first kappa shape index (κ1) is 16.4. The van der Waals surface area contributed by atoms with E-state index in [0.29, 0.717) is 17.3 Å². The average molecular weight is 359 g/mol. The van der Waals surface area contributed by atoms with Gasteiger partial charge in [-0.25, -0.2) is 9.78 Å². The number of amides is 2. The number of halogens is 1. The summed E-state index contributed by atoms with van der Waals surface area (Å²) in [4.78, 5) is 21.7. The second-order valence-electron chi connectivity index (χ2n) is 5.09. The molecule has 0 aliphatic rings. The Balaban J connectivity index is 1.62. The van der Waals surface area contributed by atoms with Gasteiger partial charge in [0.15, 0.2) is 0 Å². The number of nitrogens with one attached hydrogen (secondary N) is 2. The summed E-state index contributed by atoms with van der Waals surface area (Å²) in [5, 5.41) is 7.06. The first-order valence-corrected chi connectivity index (χ1v) is 8.48. The molecule has 1 aromatic carbocycles. The Hall–Kier alpha value is -2.44. The van der Waals surface area contributed by atoms with Gasteiger partial charge in [0, 0.05) is 33.5 Å². The maximum Gasteiger partial charge on any atom is 0.319 e. The van der Waals surface area contributed by atoms with E-state index in [2.05, 4.69) is 20.6 Å². The molecule has 2 N–H and O–H groups in total. The second-order valence-corrected chi connectivity index (χ2v) is 6.61. The number of thiazole rings is 1. The van der Waals surface area contributed by atoms with Gasteiger partial charge in [0.2, 0.25) is 0 Å². The van der Waals surface area contributed by atoms with Crippen LogP contribution in [-0.4, -0.2) is 16.0 Å². The Morgan fingerprint density at radius 3 is 2.92 bits per heavy atom. The number of hydrogen-bond donors (Lipinski definition) is 2. The van der Waals surface area contributed by atoms with Gasteiger partial charge in [0.05, 0.1) is 12.2 Å². The summed E-state index contributed by atoms with van der Waals surface area (Å²) in [6, 6.07) is 10.6. The molecule has 0 saturated heterocycles. The highest BCUT2D eigenvalue weighted by Gasteiger charge is 2.11. The van der Waals surface area contributed by atoms with Crippen LogP contribution in [0.2, 0.25) is 5.02 Å². The first-order valence-electron chi connectivity index (χ1n) is 7.29. The molecule has 2 amide bonds. The van der Waals surface area contributed by atoms with Crippen molar-refractivity contribution in [3.05, 3.63) is 64.4 Å². The highest BCUT2D eigenvalue weighted by atomic mass is 35.5. The number of pyridine rings is 1. The van der Waals surface area contributed by atoms with Crippen LogP contribution in [0, 0.1) is 6.92 Å². The van der Waals surface area contributed by atoms with Gasteiger partial charge in [-0.05, 0) is 37.3 Å². The predicted molar refractivity (Wildman–Crippen MR) is 97.4 cm³/mol. The van der Waals surface area contributed by atoms with Crippen molar-refractivity contribution in [3.63, 3.8) is 0 Å². The highest BCUT2D eigenvalue weighted by molar-refractivity contribution is 7.15. The number of nitrogens with zero attached hydrogens (tertiary/aromatic N) is 2. The molecule has 0 aliphatic carbocycles. The van der Waals surface area contributed by atoms with Crippen LogP contribution in [0.1, 0.15) is 10.6 Å². The lowest BCUT2D eigenvalue weighted by Gasteiger charge is -2.07. The molecule has 24 heavy (non-hydrogen) atoms. The number of anilines is 1. The van der Waals surface area contributed by atoms with Crippen LogP contribution < -0.4 is 10.6 Å². The first-order chi connectivity index (χ1) is 11.6. The van der Waals surface area contributed by atoms with Gasteiger partial charge >= 0.3 is 6.03 Å². The number of carbonyl (C=O) groups excluding carboxylic acids is 1. The molecule has 0 unspecified atom stereocenters. The highest BCUT2D eigenvalue weighted by Crippen LogP contribution is 2.27. The monoisotopic (exact) mass is 358 g/mol. The number of benzene rings is 1. The summed E-state index contributed by atoms with van der Waals surface area (Å²) < 4.78 is 0. The third-order valence-corrected chi connectivity index (χ3v) is 4.73. The van der Waals surface area contributed by atoms with Crippen LogP contribution in [0.5, 0.6) is 0 Å². The molecule has 0 radical (unpaired) electrons. The fraction of sp³-hybridized carbons (Fsp3) is 0.118. The minimum absolute atomic E-state index is 0.284. The van der Waals surface area contributed by atoms with Gasteiger partial charge in [0.25, 0.3) is 0 Å². The van der Waals surface area contributed by atoms with E-state index in [-0.39, 0.29) is 6.03 Å². The van der Waals surface area contributed by atoms with Gasteiger partial charge in [0.1, 0.15) is 5.01 Å². The Morgan fingerprint density at radius 1 is 1.29 bits per heavy atom. The minimum atomic E-state index is -0.284. The molecule has 3 rings (SSSR count). The zero-order chi connectivity index (χ0) is 16.9. The maximum absolute atomic E-state index is 12.0. The van der Waals surface area contributed by atoms with Gasteiger partial charge in [-0.15, -0.1) is 11.3 Å². The molecule has 0 aliphatic heterocycles. The molecule has 0 saturated carbocycles. The van der Waals surface area contributed by atoms with Crippen LogP contribution >= 0.6 is 22.9 Å². The van der Waals surface area contributed by atoms with E-state index in [1.165, 1.54) is 0 Å². The van der Waals surface area contributed by atoms with Crippen molar-refractivity contribution < 1.29 is 4.79 Å². The zero-order valence-electron chi connectivity index (χ0n) is 12.9. The standard InChI is InChI=1S/C17H15ClN4OS/c1-11-15(24-16(21-11)12-4-3-7-19-9-12)10-20-17(23)22-14-6-2-5-13(18)8-14/h2-9H,10H2,1H3,(H2,20,22,23). The summed E-state index contributed by atoms with van der Waals surface area (Å²) >= 11 is 7.45. The summed E-state index contributed by atoms with van der Waals surface area (Å²) in [6.45, 7) is 2.35. The largest absolute Gasteiger partial charge is 0.333 e. The normalized spacial score (nSPS) is 10.4. The Bertz CT molecular complexity index is 851. The van der Waals surface area contributed by atoms with Crippen molar-refractivity contribution in [1.82, 2.24) is 15.3 Å². The molecule has 3 aromatic rings. The van der Waals surface area contributed by atoms with Crippen LogP contribution in [0.25, 0.3) is 10.6 Å². The zero-order valence-corrected chi connectivity index (χ0v) is 14.5. The molecule has 0 fully saturated rings. The van der Waals surface area contributed by atoms with Crippen LogP contribution in [0.4, 0.5) is 10.5 Å². The Morgan fingerprint density at radius 2 is 2.17 bits per heavy atom. The lowest BCUT2D eigenvalue weighted by atomic mass is 10.3. The van der Waals surface area contributed by atoms with Crippen molar-refractivity contribution in [2.75, 3.05) is 5.32 Å². The number of aryl methyl sites for hydroxylation is 1. The fourth-order valence-electron chi connectivity index (χ4n) is 2.11. The molecule has 0 spiro atoms. The third kappa shape index (κ3) is 4.10. The van der Waals surface area contributed by atoms with Crippen LogP contribution in [0.15, 0.2) is 48.8 Å². The van der Waals surface area contributed by atoms with Gasteiger partial charge in [-0.1, -0.05) is 17.7 Å². The molecule has 2 heterocycles. The lowest BCUT2D eigenvalue weighted by Crippen LogP contribution is -2.28. The Labute approximate surface area is 148 Å². The van der Waals surface area contributed by atoms with E-state index in [1.54, 1.807) is 48.0 Å². The van der Waals surface area contributed by atoms with Crippen molar-refractivity contribution in [3.8, 4) is 10.6 Å². The number of carbonyl (C=O) groups is 1. The number of aromatic nitrogens is 2. The van der Waals surface area contributed by atoms with E-state index in [4.69, 9.17) is 11.6 Å². The molecule has 0 atom stereocenters. The maximum atomic E-state index is 12.0. The van der Waals surface area contributed by atoms with E-state index in [0.717, 1.165) is 21.1 Å². The number of hydrogen-bond acceptors (Lipinski definition) is 4. The van der Waals surface area contributed by atoms with E-state index >= 15 is 0 Å². The smallest absolute Gasteiger partial charge is 0.319 e. The van der Waals surface area contributed by atoms with E-state index in [1.807, 2.05) is 19.1 Å². The van der Waals surface area contributed by atoms with Crippen molar-refractivity contribution >= 4 is 34.7 Å². The SMILES string of the molecule is Cc1nc(-c2cccnc2)sc1CNC(=O)Nc1cccc(Cl)c1. The second kappa shape index (κ2) is 7.42. The topological polar surface area (TPSA) is 66.9 Å². The Kier molecular flexibility index (Phi) is 5.08. The van der Waals surface area contributed by atoms with Crippen molar-refractivity contribution in [2.24, 2.45) is 0 Å². The predicted octanol–water partition coefficient (Wildman–Crippen LogP) is 4.49. The quantitative estimate of drug-likeness (QED) is 0.722. The van der Waals surface area contributed by atoms with Crippen LogP contribution in [0.3, 0.4) is 0 Å². The minimum Gasteiger partial charge on any atom is -0.333 e. The van der Waals surface area contributed by atoms with Crippen molar-refractivity contribution in [1.29, 1.82) is 0 Å². The molecule has 7 heteroatoms. The molecule has 122 valence electrons. The fourth-order valence-corrected chi connectivity index (χ4v) is 3.29. The molecular weight excluding hydrogens is 344 g/mol. The molecule has 5 nitrogen and oxygen atoms in total. The van der Waals surface area contributed by atoms with E-state index < -0.39 is 0 Å². The lowest BCUT2D eigenvalue weighted by molar-refractivity contribution is 0.252. The number of rotatable bonds is 4. The summed E-state index contributed by atoms with van der Waals surface area (Å²) in [6.07, 6.45) is 3.51. The summed E-state index contributed by atoms with van der Waals surface area (Å²) in [5.74, 6) is 0. The van der Waals surface area contributed by atoms with Crippen molar-refractivity contribution in [2.45, 2.75) is 13.5 Å². The molecular formula is C17H15ClN4OS. The molecule has 2 aromatic heterocycles. The summed E-state index contributed by atoms with van der Waals surface area (Å²) in [5.41, 5.74) is 2.53. The third-order valence-electron chi connectivity index (χ3n) is 3.29. The van der Waals surface area contributed by atoms with E-state index in [9.17, 15) is 4.79 Å². The van der Waals surface area contributed by atoms with Gasteiger partial charge < -0.3 is 10.6 Å². The van der Waals surface area contributed by atoms with Gasteiger partial charge in [-0.2, -0.15) is 0 Å².